The van der Waals surface area contributed by atoms with Crippen molar-refractivity contribution in [1.82, 2.24) is 0 Å². The van der Waals surface area contributed by atoms with Gasteiger partial charge in [-0.1, -0.05) is 6.07 Å². The van der Waals surface area contributed by atoms with Crippen molar-refractivity contribution >= 4 is 10.0 Å². The van der Waals surface area contributed by atoms with Crippen LogP contribution in [0.3, 0.4) is 0 Å². The predicted molar refractivity (Wildman–Crippen MR) is 82.9 cm³/mol. The molecule has 0 unspecified atom stereocenters. The minimum absolute atomic E-state index is 0.0747. The summed E-state index contributed by atoms with van der Waals surface area (Å²) in [4.78, 5) is -0.0747. The average molecular weight is 323 g/mol. The van der Waals surface area contributed by atoms with Crippen LogP contribution in [0, 0.1) is 0 Å². The number of ether oxygens (including phenoxy) is 3. The maximum atomic E-state index is 11.7. The zero-order chi connectivity index (χ0) is 16.3. The second kappa shape index (κ2) is 6.25. The van der Waals surface area contributed by atoms with Crippen molar-refractivity contribution in [1.29, 1.82) is 0 Å². The third-order valence-corrected chi connectivity index (χ3v) is 4.09. The highest BCUT2D eigenvalue weighted by atomic mass is 32.2. The van der Waals surface area contributed by atoms with Crippen LogP contribution >= 0.6 is 0 Å². The molecule has 22 heavy (non-hydrogen) atoms. The molecule has 7 heteroatoms. The molecule has 2 rings (SSSR count). The number of nitrogens with two attached hydrogens (primary N) is 1. The summed E-state index contributed by atoms with van der Waals surface area (Å²) < 4.78 is 38.9. The predicted octanol–water partition coefficient (Wildman–Crippen LogP) is 2.03. The normalized spacial score (nSPS) is 11.1. The van der Waals surface area contributed by atoms with E-state index in [2.05, 4.69) is 0 Å². The van der Waals surface area contributed by atoms with Crippen LogP contribution in [-0.2, 0) is 10.0 Å². The molecule has 0 fully saturated rings. The van der Waals surface area contributed by atoms with E-state index in [0.717, 1.165) is 5.56 Å². The minimum atomic E-state index is -3.89. The smallest absolute Gasteiger partial charge is 0.241 e. The number of methoxy groups -OCH3 is 3. The van der Waals surface area contributed by atoms with Gasteiger partial charge in [0, 0.05) is 6.07 Å². The van der Waals surface area contributed by atoms with Gasteiger partial charge in [0.2, 0.25) is 10.0 Å². The van der Waals surface area contributed by atoms with Crippen LogP contribution < -0.4 is 19.3 Å². The first-order valence-corrected chi connectivity index (χ1v) is 7.88. The fraction of sp³-hybridized carbons (Fsp3) is 0.200. The van der Waals surface area contributed by atoms with Gasteiger partial charge in [0.1, 0.15) is 22.1 Å². The Bertz CT molecular complexity index is 764. The van der Waals surface area contributed by atoms with Gasteiger partial charge in [0.05, 0.1) is 21.3 Å². The van der Waals surface area contributed by atoms with E-state index in [1.807, 2.05) is 0 Å². The first kappa shape index (κ1) is 16.1. The van der Waals surface area contributed by atoms with Crippen molar-refractivity contribution in [2.45, 2.75) is 4.90 Å². The number of hydrogen-bond donors (Lipinski definition) is 1. The van der Waals surface area contributed by atoms with Crippen LogP contribution in [-0.4, -0.2) is 29.7 Å². The number of primary sulfonamides is 1. The van der Waals surface area contributed by atoms with Gasteiger partial charge in [-0.25, -0.2) is 13.6 Å². The summed E-state index contributed by atoms with van der Waals surface area (Å²) in [6, 6.07) is 10.0. The number of benzene rings is 2. The molecule has 0 radical (unpaired) electrons. The number of hydrogen-bond acceptors (Lipinski definition) is 5. The summed E-state index contributed by atoms with van der Waals surface area (Å²) in [5.74, 6) is 1.39. The van der Waals surface area contributed by atoms with Crippen LogP contribution in [0.15, 0.2) is 41.3 Å². The molecule has 2 N–H and O–H groups in total. The lowest BCUT2D eigenvalue weighted by Gasteiger charge is -2.11. The largest absolute Gasteiger partial charge is 0.497 e. The molecule has 0 aliphatic carbocycles. The van der Waals surface area contributed by atoms with Crippen molar-refractivity contribution in [3.05, 3.63) is 36.4 Å². The molecule has 6 nitrogen and oxygen atoms in total. The van der Waals surface area contributed by atoms with Gasteiger partial charge in [0.25, 0.3) is 0 Å². The molecule has 0 saturated heterocycles. The van der Waals surface area contributed by atoms with Crippen molar-refractivity contribution < 1.29 is 22.6 Å². The second-order valence-corrected chi connectivity index (χ2v) is 6.04. The van der Waals surface area contributed by atoms with Crippen LogP contribution in [0.2, 0.25) is 0 Å². The summed E-state index contributed by atoms with van der Waals surface area (Å²) in [6.07, 6.45) is 0. The third kappa shape index (κ3) is 3.32. The van der Waals surface area contributed by atoms with Crippen molar-refractivity contribution in [3.8, 4) is 28.4 Å². The van der Waals surface area contributed by atoms with E-state index < -0.39 is 10.0 Å². The van der Waals surface area contributed by atoms with E-state index in [1.54, 1.807) is 44.6 Å². The van der Waals surface area contributed by atoms with Gasteiger partial charge in [-0.15, -0.1) is 0 Å². The van der Waals surface area contributed by atoms with Gasteiger partial charge in [-0.05, 0) is 35.4 Å². The SMILES string of the molecule is COc1cc(OC)cc(-c2ccc(OC)c(S(N)(=O)=O)c2)c1. The lowest BCUT2D eigenvalue weighted by molar-refractivity contribution is 0.394. The Labute approximate surface area is 129 Å². The molecule has 0 atom stereocenters. The van der Waals surface area contributed by atoms with Crippen LogP contribution in [0.5, 0.6) is 17.2 Å². The highest BCUT2D eigenvalue weighted by molar-refractivity contribution is 7.89. The molecule has 0 amide bonds. The Morgan fingerprint density at radius 1 is 0.818 bits per heavy atom. The van der Waals surface area contributed by atoms with Crippen LogP contribution in [0.4, 0.5) is 0 Å². The maximum absolute atomic E-state index is 11.7. The Hall–Kier alpha value is -2.25. The van der Waals surface area contributed by atoms with Crippen molar-refractivity contribution in [3.63, 3.8) is 0 Å². The standard InChI is InChI=1S/C15H17NO5S/c1-19-12-6-11(7-13(9-12)20-2)10-4-5-14(21-3)15(8-10)22(16,17)18/h4-9H,1-3H3,(H2,16,17,18). The summed E-state index contributed by atoms with van der Waals surface area (Å²) in [7, 11) is 0.580. The average Bonchev–Trinajstić information content (AvgIpc) is 2.52. The van der Waals surface area contributed by atoms with Crippen molar-refractivity contribution in [2.75, 3.05) is 21.3 Å². The van der Waals surface area contributed by atoms with E-state index in [9.17, 15) is 8.42 Å². The quantitative estimate of drug-likeness (QED) is 0.909. The zero-order valence-electron chi connectivity index (χ0n) is 12.5. The van der Waals surface area contributed by atoms with E-state index in [0.29, 0.717) is 17.1 Å². The van der Waals surface area contributed by atoms with Gasteiger partial charge in [-0.3, -0.25) is 0 Å². The molecule has 0 spiro atoms. The lowest BCUT2D eigenvalue weighted by Crippen LogP contribution is -2.13. The summed E-state index contributed by atoms with van der Waals surface area (Å²) in [6.45, 7) is 0. The Kier molecular flexibility index (Phi) is 4.58. The topological polar surface area (TPSA) is 87.8 Å². The maximum Gasteiger partial charge on any atom is 0.241 e. The summed E-state index contributed by atoms with van der Waals surface area (Å²) >= 11 is 0. The van der Waals surface area contributed by atoms with Crippen molar-refractivity contribution in [2.24, 2.45) is 5.14 Å². The lowest BCUT2D eigenvalue weighted by atomic mass is 10.0. The zero-order valence-corrected chi connectivity index (χ0v) is 13.3. The molecule has 0 aliphatic rings. The van der Waals surface area contributed by atoms with Gasteiger partial charge >= 0.3 is 0 Å². The minimum Gasteiger partial charge on any atom is -0.497 e. The molecule has 118 valence electrons. The molecule has 0 aromatic heterocycles. The second-order valence-electron chi connectivity index (χ2n) is 4.51. The molecule has 0 heterocycles. The van der Waals surface area contributed by atoms with E-state index in [1.165, 1.54) is 13.2 Å². The van der Waals surface area contributed by atoms with Crippen LogP contribution in [0.25, 0.3) is 11.1 Å². The fourth-order valence-corrected chi connectivity index (χ4v) is 2.78. The molecule has 0 saturated carbocycles. The van der Waals surface area contributed by atoms with Gasteiger partial charge in [0.15, 0.2) is 0 Å². The molecule has 0 bridgehead atoms. The van der Waals surface area contributed by atoms with Gasteiger partial charge in [-0.2, -0.15) is 0 Å². The molecular formula is C15H17NO5S. The highest BCUT2D eigenvalue weighted by Gasteiger charge is 2.16. The Morgan fingerprint density at radius 2 is 1.41 bits per heavy atom. The molecule has 0 aliphatic heterocycles. The summed E-state index contributed by atoms with van der Waals surface area (Å²) in [5.41, 5.74) is 1.39. The van der Waals surface area contributed by atoms with Crippen LogP contribution in [0.1, 0.15) is 0 Å². The van der Waals surface area contributed by atoms with E-state index >= 15 is 0 Å². The fourth-order valence-electron chi connectivity index (χ4n) is 2.05. The van der Waals surface area contributed by atoms with E-state index in [-0.39, 0.29) is 10.6 Å². The molecular weight excluding hydrogens is 306 g/mol. The number of sulfonamides is 1. The first-order valence-electron chi connectivity index (χ1n) is 6.33. The number of rotatable bonds is 5. The third-order valence-electron chi connectivity index (χ3n) is 3.15. The Balaban J connectivity index is 2.63. The van der Waals surface area contributed by atoms with Gasteiger partial charge < -0.3 is 14.2 Å². The first-order chi connectivity index (χ1) is 10.4. The molecule has 2 aromatic carbocycles. The Morgan fingerprint density at radius 3 is 1.86 bits per heavy atom. The molecule has 2 aromatic rings. The van der Waals surface area contributed by atoms with E-state index in [4.69, 9.17) is 19.3 Å². The summed E-state index contributed by atoms with van der Waals surface area (Å²) in [5, 5.41) is 5.24. The monoisotopic (exact) mass is 323 g/mol. The highest BCUT2D eigenvalue weighted by Crippen LogP contribution is 2.33.